The van der Waals surface area contributed by atoms with E-state index in [1.54, 1.807) is 7.05 Å². The van der Waals surface area contributed by atoms with Gasteiger partial charge in [-0.15, -0.1) is 0 Å². The van der Waals surface area contributed by atoms with Crippen molar-refractivity contribution in [2.75, 3.05) is 7.05 Å². The van der Waals surface area contributed by atoms with Gasteiger partial charge in [-0.1, -0.05) is 20.8 Å². The topological polar surface area (TPSA) is 21.3 Å². The van der Waals surface area contributed by atoms with E-state index >= 15 is 0 Å². The van der Waals surface area contributed by atoms with E-state index in [1.807, 2.05) is 0 Å². The van der Waals surface area contributed by atoms with Crippen LogP contribution in [-0.4, -0.2) is 12.6 Å². The predicted octanol–water partition coefficient (Wildman–Crippen LogP) is 1.96. The first-order valence-corrected chi connectivity index (χ1v) is 3.91. The van der Waals surface area contributed by atoms with E-state index in [1.165, 1.54) is 0 Å². The van der Waals surface area contributed by atoms with Gasteiger partial charge in [-0.3, -0.25) is 4.84 Å². The van der Waals surface area contributed by atoms with Gasteiger partial charge in [-0.2, -0.15) is 0 Å². The molecule has 0 amide bonds. The maximum absolute atomic E-state index is 5.39. The zero-order valence-electron chi connectivity index (χ0n) is 7.69. The van der Waals surface area contributed by atoms with Gasteiger partial charge in [-0.25, -0.2) is 5.48 Å². The van der Waals surface area contributed by atoms with E-state index < -0.39 is 0 Å². The Labute approximate surface area is 63.9 Å². The Balaban J connectivity index is 3.94. The van der Waals surface area contributed by atoms with Crippen LogP contribution in [0.5, 0.6) is 0 Å². The van der Waals surface area contributed by atoms with Gasteiger partial charge in [-0.05, 0) is 19.3 Å². The highest BCUT2D eigenvalue weighted by atomic mass is 16.7. The molecule has 0 fully saturated rings. The van der Waals surface area contributed by atoms with Crippen molar-refractivity contribution in [2.24, 2.45) is 5.92 Å². The van der Waals surface area contributed by atoms with Crippen LogP contribution in [0, 0.1) is 5.92 Å². The van der Waals surface area contributed by atoms with Gasteiger partial charge in [0.2, 0.25) is 0 Å². The molecule has 62 valence electrons. The highest BCUT2D eigenvalue weighted by molar-refractivity contribution is 4.75. The van der Waals surface area contributed by atoms with Crippen LogP contribution < -0.4 is 5.48 Å². The Morgan fingerprint density at radius 1 is 1.50 bits per heavy atom. The quantitative estimate of drug-likeness (QED) is 0.611. The van der Waals surface area contributed by atoms with Crippen molar-refractivity contribution >= 4 is 0 Å². The van der Waals surface area contributed by atoms with Crippen LogP contribution in [0.1, 0.15) is 34.1 Å². The molecular weight excluding hydrogens is 126 g/mol. The first kappa shape index (κ1) is 9.92. The summed E-state index contributed by atoms with van der Waals surface area (Å²) in [4.78, 5) is 5.39. The molecule has 0 saturated heterocycles. The molecule has 10 heavy (non-hydrogen) atoms. The molecule has 0 rings (SSSR count). The summed E-state index contributed by atoms with van der Waals surface area (Å²) in [5.74, 6) is 0.546. The fourth-order valence-electron chi connectivity index (χ4n) is 0.831. The van der Waals surface area contributed by atoms with E-state index in [-0.39, 0.29) is 5.60 Å². The first-order valence-electron chi connectivity index (χ1n) is 3.91. The van der Waals surface area contributed by atoms with Crippen LogP contribution in [0.4, 0.5) is 0 Å². The molecule has 0 radical (unpaired) electrons. The molecule has 2 heteroatoms. The molecule has 1 N–H and O–H groups in total. The molecule has 0 aromatic heterocycles. The summed E-state index contributed by atoms with van der Waals surface area (Å²) in [7, 11) is 1.80. The maximum atomic E-state index is 5.39. The molecule has 1 unspecified atom stereocenters. The van der Waals surface area contributed by atoms with Gasteiger partial charge in [0.1, 0.15) is 0 Å². The number of hydrogen-bond acceptors (Lipinski definition) is 2. The van der Waals surface area contributed by atoms with Gasteiger partial charge in [0.25, 0.3) is 0 Å². The number of hydrogen-bond donors (Lipinski definition) is 1. The Morgan fingerprint density at radius 2 is 2.00 bits per heavy atom. The van der Waals surface area contributed by atoms with E-state index in [9.17, 15) is 0 Å². The number of hydroxylamine groups is 1. The minimum absolute atomic E-state index is 0.0191. The Kier molecular flexibility index (Phi) is 3.91. The Hall–Kier alpha value is -0.0800. The van der Waals surface area contributed by atoms with Crippen LogP contribution in [0.25, 0.3) is 0 Å². The van der Waals surface area contributed by atoms with Gasteiger partial charge < -0.3 is 0 Å². The standard InChI is InChI=1S/C8H19NO/c1-6-8(4,7(2)3)10-9-5/h7,9H,6H2,1-5H3. The molecule has 2 nitrogen and oxygen atoms in total. The minimum atomic E-state index is -0.0191. The highest BCUT2D eigenvalue weighted by Crippen LogP contribution is 2.23. The lowest BCUT2D eigenvalue weighted by Crippen LogP contribution is -2.38. The SMILES string of the molecule is CCC(C)(ONC)C(C)C. The fourth-order valence-corrected chi connectivity index (χ4v) is 0.831. The van der Waals surface area contributed by atoms with Crippen LogP contribution in [0.15, 0.2) is 0 Å². The largest absolute Gasteiger partial charge is 0.296 e. The summed E-state index contributed by atoms with van der Waals surface area (Å²) < 4.78 is 0. The molecule has 0 aliphatic heterocycles. The highest BCUT2D eigenvalue weighted by Gasteiger charge is 2.26. The predicted molar refractivity (Wildman–Crippen MR) is 43.7 cm³/mol. The zero-order chi connectivity index (χ0) is 8.20. The summed E-state index contributed by atoms with van der Waals surface area (Å²) in [5, 5.41) is 0. The van der Waals surface area contributed by atoms with Crippen LogP contribution in [-0.2, 0) is 4.84 Å². The lowest BCUT2D eigenvalue weighted by Gasteiger charge is -2.31. The lowest BCUT2D eigenvalue weighted by molar-refractivity contribution is -0.115. The zero-order valence-corrected chi connectivity index (χ0v) is 7.69. The third-order valence-corrected chi connectivity index (χ3v) is 2.26. The van der Waals surface area contributed by atoms with Crippen molar-refractivity contribution in [2.45, 2.75) is 39.7 Å². The second-order valence-corrected chi connectivity index (χ2v) is 3.13. The van der Waals surface area contributed by atoms with Gasteiger partial charge in [0.05, 0.1) is 5.60 Å². The summed E-state index contributed by atoms with van der Waals surface area (Å²) in [6.07, 6.45) is 1.03. The second kappa shape index (κ2) is 3.94. The van der Waals surface area contributed by atoms with Crippen molar-refractivity contribution in [1.29, 1.82) is 0 Å². The molecule has 0 aromatic rings. The van der Waals surface area contributed by atoms with E-state index in [0.29, 0.717) is 5.92 Å². The maximum Gasteiger partial charge on any atom is 0.0888 e. The number of rotatable bonds is 4. The van der Waals surface area contributed by atoms with Crippen molar-refractivity contribution in [1.82, 2.24) is 5.48 Å². The summed E-state index contributed by atoms with van der Waals surface area (Å²) >= 11 is 0. The van der Waals surface area contributed by atoms with Crippen LogP contribution >= 0.6 is 0 Å². The van der Waals surface area contributed by atoms with Crippen molar-refractivity contribution in [3.63, 3.8) is 0 Å². The normalized spacial score (nSPS) is 17.4. The Morgan fingerprint density at radius 3 is 2.10 bits per heavy atom. The molecule has 0 aliphatic rings. The van der Waals surface area contributed by atoms with Crippen molar-refractivity contribution < 1.29 is 4.84 Å². The van der Waals surface area contributed by atoms with Gasteiger partial charge in [0.15, 0.2) is 0 Å². The molecule has 0 bridgehead atoms. The third kappa shape index (κ3) is 2.27. The smallest absolute Gasteiger partial charge is 0.0888 e. The summed E-state index contributed by atoms with van der Waals surface area (Å²) in [5.41, 5.74) is 2.72. The van der Waals surface area contributed by atoms with E-state index in [0.717, 1.165) is 6.42 Å². The molecule has 0 aromatic carbocycles. The molecule has 0 saturated carbocycles. The summed E-state index contributed by atoms with van der Waals surface area (Å²) in [6, 6.07) is 0. The summed E-state index contributed by atoms with van der Waals surface area (Å²) in [6.45, 7) is 8.59. The molecule has 0 aliphatic carbocycles. The van der Waals surface area contributed by atoms with Crippen molar-refractivity contribution in [3.8, 4) is 0 Å². The third-order valence-electron chi connectivity index (χ3n) is 2.26. The average molecular weight is 145 g/mol. The lowest BCUT2D eigenvalue weighted by atomic mass is 9.90. The Bertz CT molecular complexity index is 93.3. The van der Waals surface area contributed by atoms with Crippen LogP contribution in [0.3, 0.4) is 0 Å². The molecule has 1 atom stereocenters. The van der Waals surface area contributed by atoms with E-state index in [4.69, 9.17) is 4.84 Å². The first-order chi connectivity index (χ1) is 4.56. The average Bonchev–Trinajstić information content (AvgIpc) is 1.88. The monoisotopic (exact) mass is 145 g/mol. The minimum Gasteiger partial charge on any atom is -0.296 e. The second-order valence-electron chi connectivity index (χ2n) is 3.13. The van der Waals surface area contributed by atoms with Crippen molar-refractivity contribution in [3.05, 3.63) is 0 Å². The molecule has 0 heterocycles. The fraction of sp³-hybridized carbons (Fsp3) is 1.00. The van der Waals surface area contributed by atoms with Gasteiger partial charge >= 0.3 is 0 Å². The van der Waals surface area contributed by atoms with E-state index in [2.05, 4.69) is 33.2 Å². The van der Waals surface area contributed by atoms with Gasteiger partial charge in [0, 0.05) is 7.05 Å². The molecular formula is C8H19NO. The molecule has 0 spiro atoms. The number of nitrogens with one attached hydrogen (secondary N) is 1. The van der Waals surface area contributed by atoms with Crippen LogP contribution in [0.2, 0.25) is 0 Å².